The molecule has 0 radical (unpaired) electrons. The van der Waals surface area contributed by atoms with Gasteiger partial charge >= 0.3 is 6.03 Å². The first-order valence-corrected chi connectivity index (χ1v) is 9.25. The Labute approximate surface area is 148 Å². The van der Waals surface area contributed by atoms with Crippen molar-refractivity contribution in [1.82, 2.24) is 15.1 Å². The lowest BCUT2D eigenvalue weighted by Crippen LogP contribution is -2.46. The van der Waals surface area contributed by atoms with E-state index in [4.69, 9.17) is 0 Å². The Morgan fingerprint density at radius 1 is 1.12 bits per heavy atom. The van der Waals surface area contributed by atoms with E-state index in [1.54, 1.807) is 6.92 Å². The molecule has 6 heteroatoms. The number of nitrogens with one attached hydrogen (secondary N) is 1. The summed E-state index contributed by atoms with van der Waals surface area (Å²) in [6.45, 7) is 6.80. The fraction of sp³-hybridized carbons (Fsp3) is 0.632. The van der Waals surface area contributed by atoms with Crippen molar-refractivity contribution in [3.63, 3.8) is 0 Å². The summed E-state index contributed by atoms with van der Waals surface area (Å²) in [5.74, 6) is -0.588. The van der Waals surface area contributed by atoms with Crippen molar-refractivity contribution in [3.05, 3.63) is 35.4 Å². The average Bonchev–Trinajstić information content (AvgIpc) is 3.07. The molecule has 1 N–H and O–H groups in total. The van der Waals surface area contributed by atoms with Crippen molar-refractivity contribution in [1.29, 1.82) is 0 Å². The predicted octanol–water partition coefficient (Wildman–Crippen LogP) is 3.54. The van der Waals surface area contributed by atoms with Crippen LogP contribution in [-0.4, -0.2) is 48.6 Å². The van der Waals surface area contributed by atoms with Gasteiger partial charge < -0.3 is 15.1 Å². The van der Waals surface area contributed by atoms with E-state index in [1.165, 1.54) is 38.1 Å². The van der Waals surface area contributed by atoms with Gasteiger partial charge in [-0.05, 0) is 69.3 Å². The maximum atomic E-state index is 13.3. The largest absolute Gasteiger partial charge is 0.331 e. The van der Waals surface area contributed by atoms with Gasteiger partial charge in [0.15, 0.2) is 0 Å². The van der Waals surface area contributed by atoms with Gasteiger partial charge in [0.05, 0.1) is 6.04 Å². The van der Waals surface area contributed by atoms with Crippen LogP contribution in [0.4, 0.5) is 13.6 Å². The zero-order chi connectivity index (χ0) is 17.8. The normalized spacial score (nSPS) is 20.7. The third kappa shape index (κ3) is 4.91. The van der Waals surface area contributed by atoms with Crippen LogP contribution in [0.25, 0.3) is 0 Å². The first-order valence-electron chi connectivity index (χ1n) is 9.25. The van der Waals surface area contributed by atoms with Gasteiger partial charge in [-0.3, -0.25) is 0 Å². The smallest absolute Gasteiger partial charge is 0.317 e. The number of urea groups is 1. The summed E-state index contributed by atoms with van der Waals surface area (Å²) >= 11 is 0. The molecule has 1 aromatic rings. The minimum Gasteiger partial charge on any atom is -0.331 e. The predicted molar refractivity (Wildman–Crippen MR) is 93.3 cm³/mol. The molecule has 2 heterocycles. The summed E-state index contributed by atoms with van der Waals surface area (Å²) in [7, 11) is 0. The van der Waals surface area contributed by atoms with E-state index >= 15 is 0 Å². The molecule has 4 nitrogen and oxygen atoms in total. The number of nitrogens with zero attached hydrogens (tertiary/aromatic N) is 2. The number of amides is 2. The zero-order valence-electron chi connectivity index (χ0n) is 14.8. The van der Waals surface area contributed by atoms with Crippen LogP contribution in [-0.2, 0) is 0 Å². The van der Waals surface area contributed by atoms with E-state index < -0.39 is 17.7 Å². The van der Waals surface area contributed by atoms with Crippen molar-refractivity contribution in [2.45, 2.75) is 38.6 Å². The van der Waals surface area contributed by atoms with E-state index in [0.717, 1.165) is 38.5 Å². The standard InChI is InChI=1S/C19H27F2N3O/c1-14(16-10-17(20)12-18(21)11-16)22-19(25)24-8-4-15(5-9-24)13-23-6-2-3-7-23/h10-12,14-15H,2-9,13H2,1H3,(H,22,25). The lowest BCUT2D eigenvalue weighted by Gasteiger charge is -2.34. The van der Waals surface area contributed by atoms with Gasteiger partial charge in [-0.15, -0.1) is 0 Å². The molecule has 1 unspecified atom stereocenters. The second-order valence-electron chi connectivity index (χ2n) is 7.31. The first-order chi connectivity index (χ1) is 12.0. The van der Waals surface area contributed by atoms with Gasteiger partial charge in [0.2, 0.25) is 0 Å². The van der Waals surface area contributed by atoms with Gasteiger partial charge in [-0.1, -0.05) is 0 Å². The zero-order valence-corrected chi connectivity index (χ0v) is 14.8. The Kier molecular flexibility index (Phi) is 5.89. The lowest BCUT2D eigenvalue weighted by molar-refractivity contribution is 0.152. The molecule has 1 atom stereocenters. The second kappa shape index (κ2) is 8.13. The molecule has 2 aliphatic rings. The van der Waals surface area contributed by atoms with E-state index in [2.05, 4.69) is 10.2 Å². The number of piperidine rings is 1. The minimum atomic E-state index is -0.626. The molecular formula is C19H27F2N3O. The van der Waals surface area contributed by atoms with Crippen molar-refractivity contribution < 1.29 is 13.6 Å². The third-order valence-electron chi connectivity index (χ3n) is 5.34. The van der Waals surface area contributed by atoms with Crippen LogP contribution < -0.4 is 5.32 Å². The molecule has 2 aliphatic heterocycles. The van der Waals surface area contributed by atoms with Crippen molar-refractivity contribution in [3.8, 4) is 0 Å². The van der Waals surface area contributed by atoms with Crippen LogP contribution in [0.15, 0.2) is 18.2 Å². The molecule has 1 aromatic carbocycles. The van der Waals surface area contributed by atoms with Gasteiger partial charge in [0.25, 0.3) is 0 Å². The van der Waals surface area contributed by atoms with Crippen LogP contribution in [0.5, 0.6) is 0 Å². The lowest BCUT2D eigenvalue weighted by atomic mass is 9.96. The van der Waals surface area contributed by atoms with Crippen LogP contribution >= 0.6 is 0 Å². The third-order valence-corrected chi connectivity index (χ3v) is 5.34. The molecule has 2 fully saturated rings. The summed E-state index contributed by atoms with van der Waals surface area (Å²) in [5, 5.41) is 2.85. The van der Waals surface area contributed by atoms with Gasteiger partial charge in [-0.2, -0.15) is 0 Å². The van der Waals surface area contributed by atoms with E-state index in [1.807, 2.05) is 4.90 Å². The van der Waals surface area contributed by atoms with Crippen LogP contribution in [0.3, 0.4) is 0 Å². The van der Waals surface area contributed by atoms with Crippen molar-refractivity contribution in [2.75, 3.05) is 32.7 Å². The molecule has 2 saturated heterocycles. The molecule has 3 rings (SSSR count). The molecule has 0 aliphatic carbocycles. The summed E-state index contributed by atoms with van der Waals surface area (Å²) < 4.78 is 26.6. The number of likely N-dealkylation sites (tertiary alicyclic amines) is 2. The summed E-state index contributed by atoms with van der Waals surface area (Å²) in [4.78, 5) is 16.8. The number of benzene rings is 1. The Bertz CT molecular complexity index is 576. The summed E-state index contributed by atoms with van der Waals surface area (Å²) in [6.07, 6.45) is 4.65. The maximum Gasteiger partial charge on any atom is 0.317 e. The molecule has 0 aromatic heterocycles. The van der Waals surface area contributed by atoms with Crippen LogP contribution in [0.1, 0.15) is 44.2 Å². The summed E-state index contributed by atoms with van der Waals surface area (Å²) in [5.41, 5.74) is 0.440. The number of hydrogen-bond acceptors (Lipinski definition) is 2. The highest BCUT2D eigenvalue weighted by Gasteiger charge is 2.26. The van der Waals surface area contributed by atoms with Gasteiger partial charge in [0, 0.05) is 25.7 Å². The van der Waals surface area contributed by atoms with Crippen LogP contribution in [0, 0.1) is 17.6 Å². The topological polar surface area (TPSA) is 35.6 Å². The fourth-order valence-electron chi connectivity index (χ4n) is 3.83. The average molecular weight is 351 g/mol. The minimum absolute atomic E-state index is 0.156. The van der Waals surface area contributed by atoms with Gasteiger partial charge in [-0.25, -0.2) is 13.6 Å². The quantitative estimate of drug-likeness (QED) is 0.901. The highest BCUT2D eigenvalue weighted by atomic mass is 19.1. The van der Waals surface area contributed by atoms with Crippen LogP contribution in [0.2, 0.25) is 0 Å². The number of halogens is 2. The molecule has 138 valence electrons. The Morgan fingerprint density at radius 2 is 1.72 bits per heavy atom. The summed E-state index contributed by atoms with van der Waals surface area (Å²) in [6, 6.07) is 2.77. The Morgan fingerprint density at radius 3 is 2.32 bits per heavy atom. The molecule has 0 saturated carbocycles. The van der Waals surface area contributed by atoms with E-state index in [-0.39, 0.29) is 6.03 Å². The molecule has 25 heavy (non-hydrogen) atoms. The monoisotopic (exact) mass is 351 g/mol. The highest BCUT2D eigenvalue weighted by Crippen LogP contribution is 2.22. The fourth-order valence-corrected chi connectivity index (χ4v) is 3.83. The number of rotatable bonds is 4. The first kappa shape index (κ1) is 18.1. The maximum absolute atomic E-state index is 13.3. The second-order valence-corrected chi connectivity index (χ2v) is 7.31. The number of carbonyl (C=O) groups is 1. The van der Waals surface area contributed by atoms with Crippen molar-refractivity contribution >= 4 is 6.03 Å². The molecule has 0 spiro atoms. The molecule has 0 bridgehead atoms. The Hall–Kier alpha value is -1.69. The van der Waals surface area contributed by atoms with E-state index in [9.17, 15) is 13.6 Å². The molecular weight excluding hydrogens is 324 g/mol. The molecule has 2 amide bonds. The Balaban J connectivity index is 1.47. The van der Waals surface area contributed by atoms with E-state index in [0.29, 0.717) is 11.5 Å². The number of carbonyl (C=O) groups excluding carboxylic acids is 1. The number of hydrogen-bond donors (Lipinski definition) is 1. The van der Waals surface area contributed by atoms with Crippen molar-refractivity contribution in [2.24, 2.45) is 5.92 Å². The SMILES string of the molecule is CC(NC(=O)N1CCC(CN2CCCC2)CC1)c1cc(F)cc(F)c1. The highest BCUT2D eigenvalue weighted by molar-refractivity contribution is 5.74. The van der Waals surface area contributed by atoms with Gasteiger partial charge in [0.1, 0.15) is 11.6 Å².